The standard InChI is InChI=1S/C15H21BrO/c1-4-6-7-12(5-2)15(17)13-8-9-14(16)11(3)10-13/h8-10,12H,4-7H2,1-3H3. The normalized spacial score (nSPS) is 12.5. The molecule has 0 radical (unpaired) electrons. The summed E-state index contributed by atoms with van der Waals surface area (Å²) in [5.41, 5.74) is 1.98. The van der Waals surface area contributed by atoms with E-state index >= 15 is 0 Å². The first-order chi connectivity index (χ1) is 8.10. The van der Waals surface area contributed by atoms with Gasteiger partial charge in [-0.25, -0.2) is 0 Å². The molecule has 1 atom stereocenters. The van der Waals surface area contributed by atoms with Crippen LogP contribution in [0, 0.1) is 12.8 Å². The first-order valence-corrected chi connectivity index (χ1v) is 7.19. The fourth-order valence-corrected chi connectivity index (χ4v) is 2.25. The Labute approximate surface area is 113 Å². The molecule has 0 saturated carbocycles. The zero-order valence-electron chi connectivity index (χ0n) is 10.9. The van der Waals surface area contributed by atoms with Crippen LogP contribution in [0.3, 0.4) is 0 Å². The highest BCUT2D eigenvalue weighted by Gasteiger charge is 2.17. The van der Waals surface area contributed by atoms with Gasteiger partial charge >= 0.3 is 0 Å². The van der Waals surface area contributed by atoms with Crippen LogP contribution >= 0.6 is 15.9 Å². The number of carbonyl (C=O) groups is 1. The van der Waals surface area contributed by atoms with Gasteiger partial charge in [0.05, 0.1) is 0 Å². The summed E-state index contributed by atoms with van der Waals surface area (Å²) in [4.78, 5) is 12.3. The average molecular weight is 297 g/mol. The van der Waals surface area contributed by atoms with Gasteiger partial charge in [0.25, 0.3) is 0 Å². The van der Waals surface area contributed by atoms with Crippen molar-refractivity contribution >= 4 is 21.7 Å². The number of halogens is 1. The molecule has 0 heterocycles. The van der Waals surface area contributed by atoms with E-state index in [1.54, 1.807) is 0 Å². The summed E-state index contributed by atoms with van der Waals surface area (Å²) in [7, 11) is 0. The number of Topliss-reactive ketones (excluding diaryl/α,β-unsaturated/α-hetero) is 1. The van der Waals surface area contributed by atoms with Crippen LogP contribution in [0.5, 0.6) is 0 Å². The Hall–Kier alpha value is -0.630. The lowest BCUT2D eigenvalue weighted by Crippen LogP contribution is -2.14. The molecule has 17 heavy (non-hydrogen) atoms. The number of ketones is 1. The van der Waals surface area contributed by atoms with Crippen molar-refractivity contribution in [3.63, 3.8) is 0 Å². The fourth-order valence-electron chi connectivity index (χ4n) is 2.00. The summed E-state index contributed by atoms with van der Waals surface area (Å²) >= 11 is 3.46. The smallest absolute Gasteiger partial charge is 0.165 e. The van der Waals surface area contributed by atoms with E-state index in [4.69, 9.17) is 0 Å². The van der Waals surface area contributed by atoms with E-state index < -0.39 is 0 Å². The van der Waals surface area contributed by atoms with Gasteiger partial charge < -0.3 is 0 Å². The number of aryl methyl sites for hydroxylation is 1. The molecule has 0 aliphatic rings. The van der Waals surface area contributed by atoms with Crippen molar-refractivity contribution < 1.29 is 4.79 Å². The molecule has 2 heteroatoms. The molecule has 94 valence electrons. The van der Waals surface area contributed by atoms with E-state index in [9.17, 15) is 4.79 Å². The Bertz CT molecular complexity index is 385. The molecule has 0 aliphatic heterocycles. The first kappa shape index (κ1) is 14.4. The Morgan fingerprint density at radius 3 is 2.59 bits per heavy atom. The molecule has 1 unspecified atom stereocenters. The Morgan fingerprint density at radius 2 is 2.06 bits per heavy atom. The number of hydrogen-bond donors (Lipinski definition) is 0. The van der Waals surface area contributed by atoms with E-state index in [2.05, 4.69) is 29.8 Å². The number of benzene rings is 1. The summed E-state index contributed by atoms with van der Waals surface area (Å²) in [6.45, 7) is 6.29. The highest BCUT2D eigenvalue weighted by Crippen LogP contribution is 2.22. The third-order valence-corrected chi connectivity index (χ3v) is 4.10. The molecule has 1 aromatic rings. The van der Waals surface area contributed by atoms with Gasteiger partial charge in [-0.3, -0.25) is 4.79 Å². The van der Waals surface area contributed by atoms with Crippen LogP contribution in [-0.4, -0.2) is 5.78 Å². The minimum Gasteiger partial charge on any atom is -0.294 e. The van der Waals surface area contributed by atoms with Crippen LogP contribution in [0.25, 0.3) is 0 Å². The van der Waals surface area contributed by atoms with Crippen molar-refractivity contribution in [3.05, 3.63) is 33.8 Å². The van der Waals surface area contributed by atoms with Gasteiger partial charge in [-0.1, -0.05) is 48.7 Å². The maximum Gasteiger partial charge on any atom is 0.165 e. The lowest BCUT2D eigenvalue weighted by Gasteiger charge is -2.13. The van der Waals surface area contributed by atoms with E-state index in [-0.39, 0.29) is 5.92 Å². The zero-order chi connectivity index (χ0) is 12.8. The molecule has 0 fully saturated rings. The third kappa shape index (κ3) is 3.95. The van der Waals surface area contributed by atoms with Crippen molar-refractivity contribution in [2.45, 2.75) is 46.5 Å². The molecule has 1 nitrogen and oxygen atoms in total. The molecule has 0 spiro atoms. The van der Waals surface area contributed by atoms with Gasteiger partial charge in [0.15, 0.2) is 5.78 Å². The second-order valence-corrected chi connectivity index (χ2v) is 5.43. The molecule has 0 aromatic heterocycles. The molecule has 0 bridgehead atoms. The van der Waals surface area contributed by atoms with Gasteiger partial charge in [0.1, 0.15) is 0 Å². The summed E-state index contributed by atoms with van der Waals surface area (Å²) < 4.78 is 1.07. The second-order valence-electron chi connectivity index (χ2n) is 4.58. The Kier molecular flexibility index (Phi) is 5.90. The summed E-state index contributed by atoms with van der Waals surface area (Å²) in [5.74, 6) is 0.493. The number of unbranched alkanes of at least 4 members (excludes halogenated alkanes) is 1. The Morgan fingerprint density at radius 1 is 1.35 bits per heavy atom. The summed E-state index contributed by atoms with van der Waals surface area (Å²) in [5, 5.41) is 0. The van der Waals surface area contributed by atoms with Crippen LogP contribution < -0.4 is 0 Å². The zero-order valence-corrected chi connectivity index (χ0v) is 12.5. The van der Waals surface area contributed by atoms with Crippen molar-refractivity contribution in [3.8, 4) is 0 Å². The Balaban J connectivity index is 2.82. The predicted octanol–water partition coefficient (Wildman–Crippen LogP) is 5.16. The topological polar surface area (TPSA) is 17.1 Å². The predicted molar refractivity (Wildman–Crippen MR) is 76.5 cm³/mol. The number of rotatable bonds is 6. The van der Waals surface area contributed by atoms with Gasteiger partial charge in [0.2, 0.25) is 0 Å². The average Bonchev–Trinajstić information content (AvgIpc) is 2.33. The van der Waals surface area contributed by atoms with Crippen LogP contribution in [0.4, 0.5) is 0 Å². The maximum absolute atomic E-state index is 12.3. The molecule has 0 N–H and O–H groups in total. The lowest BCUT2D eigenvalue weighted by atomic mass is 9.90. The third-order valence-electron chi connectivity index (χ3n) is 3.21. The molecular formula is C15H21BrO. The van der Waals surface area contributed by atoms with E-state index in [0.29, 0.717) is 5.78 Å². The number of carbonyl (C=O) groups excluding carboxylic acids is 1. The fraction of sp³-hybridized carbons (Fsp3) is 0.533. The van der Waals surface area contributed by atoms with Crippen LogP contribution in [0.15, 0.2) is 22.7 Å². The SMILES string of the molecule is CCCCC(CC)C(=O)c1ccc(Br)c(C)c1. The minimum atomic E-state index is 0.190. The van der Waals surface area contributed by atoms with Crippen molar-refractivity contribution in [1.29, 1.82) is 0 Å². The lowest BCUT2D eigenvalue weighted by molar-refractivity contribution is 0.0908. The van der Waals surface area contributed by atoms with Gasteiger partial charge in [-0.05, 0) is 37.5 Å². The number of hydrogen-bond acceptors (Lipinski definition) is 1. The van der Waals surface area contributed by atoms with Crippen molar-refractivity contribution in [1.82, 2.24) is 0 Å². The van der Waals surface area contributed by atoms with Crippen LogP contribution in [-0.2, 0) is 0 Å². The first-order valence-electron chi connectivity index (χ1n) is 6.40. The summed E-state index contributed by atoms with van der Waals surface area (Å²) in [6, 6.07) is 5.88. The molecule has 0 aliphatic carbocycles. The van der Waals surface area contributed by atoms with Crippen molar-refractivity contribution in [2.24, 2.45) is 5.92 Å². The monoisotopic (exact) mass is 296 g/mol. The molecular weight excluding hydrogens is 276 g/mol. The van der Waals surface area contributed by atoms with Gasteiger partial charge in [-0.15, -0.1) is 0 Å². The van der Waals surface area contributed by atoms with Crippen LogP contribution in [0.1, 0.15) is 55.5 Å². The van der Waals surface area contributed by atoms with Gasteiger partial charge in [-0.2, -0.15) is 0 Å². The van der Waals surface area contributed by atoms with E-state index in [1.807, 2.05) is 25.1 Å². The minimum absolute atomic E-state index is 0.190. The molecule has 1 rings (SSSR count). The highest BCUT2D eigenvalue weighted by atomic mass is 79.9. The van der Waals surface area contributed by atoms with E-state index in [0.717, 1.165) is 41.3 Å². The maximum atomic E-state index is 12.3. The van der Waals surface area contributed by atoms with Crippen LogP contribution in [0.2, 0.25) is 0 Å². The molecule has 0 amide bonds. The van der Waals surface area contributed by atoms with Crippen molar-refractivity contribution in [2.75, 3.05) is 0 Å². The summed E-state index contributed by atoms with van der Waals surface area (Å²) in [6.07, 6.45) is 4.25. The van der Waals surface area contributed by atoms with Gasteiger partial charge in [0, 0.05) is 16.0 Å². The molecule has 1 aromatic carbocycles. The van der Waals surface area contributed by atoms with E-state index in [1.165, 1.54) is 0 Å². The second kappa shape index (κ2) is 6.95. The molecule has 0 saturated heterocycles. The highest BCUT2D eigenvalue weighted by molar-refractivity contribution is 9.10. The largest absolute Gasteiger partial charge is 0.294 e. The quantitative estimate of drug-likeness (QED) is 0.663.